The Labute approximate surface area is 158 Å². The second-order valence-corrected chi connectivity index (χ2v) is 6.95. The minimum absolute atomic E-state index is 0.0796. The maximum absolute atomic E-state index is 12.4. The van der Waals surface area contributed by atoms with Crippen molar-refractivity contribution in [2.24, 2.45) is 0 Å². The van der Waals surface area contributed by atoms with Crippen molar-refractivity contribution in [1.82, 2.24) is 20.2 Å². The summed E-state index contributed by atoms with van der Waals surface area (Å²) in [5, 5.41) is 7.10. The van der Waals surface area contributed by atoms with Crippen molar-refractivity contribution in [3.05, 3.63) is 34.6 Å². The molecule has 0 radical (unpaired) electrons. The summed E-state index contributed by atoms with van der Waals surface area (Å²) in [6, 6.07) is 0.410. The summed E-state index contributed by atoms with van der Waals surface area (Å²) >= 11 is 1.46. The van der Waals surface area contributed by atoms with Gasteiger partial charge in [-0.05, 0) is 26.3 Å². The summed E-state index contributed by atoms with van der Waals surface area (Å²) in [4.78, 5) is 50.9. The van der Waals surface area contributed by atoms with Crippen molar-refractivity contribution in [1.29, 1.82) is 0 Å². The Balaban J connectivity index is 1.55. The lowest BCUT2D eigenvalue weighted by Crippen LogP contribution is -2.29. The smallest absolute Gasteiger partial charge is 0.322 e. The zero-order valence-corrected chi connectivity index (χ0v) is 15.6. The van der Waals surface area contributed by atoms with E-state index < -0.39 is 23.9 Å². The Morgan fingerprint density at radius 3 is 2.74 bits per heavy atom. The molecule has 0 aliphatic carbocycles. The van der Waals surface area contributed by atoms with Crippen LogP contribution in [0, 0.1) is 13.8 Å². The first kappa shape index (κ1) is 18.8. The molecule has 3 amide bonds. The van der Waals surface area contributed by atoms with Crippen molar-refractivity contribution >= 4 is 35.0 Å². The van der Waals surface area contributed by atoms with Gasteiger partial charge in [0.1, 0.15) is 6.04 Å². The number of aromatic nitrogens is 2. The third-order valence-electron chi connectivity index (χ3n) is 4.20. The third-order valence-corrected chi connectivity index (χ3v) is 4.96. The molecular weight excluding hydrogens is 372 g/mol. The number of esters is 1. The number of nitrogens with one attached hydrogen (secondary N) is 2. The fraction of sp³-hybridized carbons (Fsp3) is 0.353. The van der Waals surface area contributed by atoms with Crippen LogP contribution in [0.4, 0.5) is 4.79 Å². The van der Waals surface area contributed by atoms with Crippen LogP contribution in [0.15, 0.2) is 17.6 Å². The Bertz CT molecular complexity index is 903. The number of aryl methyl sites for hydroxylation is 1. The number of urea groups is 1. The molecule has 142 valence electrons. The van der Waals surface area contributed by atoms with Gasteiger partial charge in [-0.25, -0.2) is 9.78 Å². The molecule has 10 heteroatoms. The van der Waals surface area contributed by atoms with E-state index in [0.29, 0.717) is 5.56 Å². The van der Waals surface area contributed by atoms with Gasteiger partial charge in [-0.1, -0.05) is 0 Å². The summed E-state index contributed by atoms with van der Waals surface area (Å²) in [5.74, 6) is -1.39. The lowest BCUT2D eigenvalue weighted by atomic mass is 10.1. The van der Waals surface area contributed by atoms with Gasteiger partial charge in [-0.2, -0.15) is 0 Å². The monoisotopic (exact) mass is 390 g/mol. The highest BCUT2D eigenvalue weighted by molar-refractivity contribution is 7.12. The van der Waals surface area contributed by atoms with Gasteiger partial charge in [-0.15, -0.1) is 11.3 Å². The Morgan fingerprint density at radius 2 is 2.11 bits per heavy atom. The van der Waals surface area contributed by atoms with Crippen molar-refractivity contribution in [2.75, 3.05) is 6.61 Å². The predicted molar refractivity (Wildman–Crippen MR) is 95.9 cm³/mol. The number of ether oxygens (including phenoxy) is 1. The largest absolute Gasteiger partial charge is 0.457 e. The summed E-state index contributed by atoms with van der Waals surface area (Å²) in [5.41, 5.74) is 2.06. The van der Waals surface area contributed by atoms with Crippen LogP contribution in [-0.2, 0) is 14.3 Å². The highest BCUT2D eigenvalue weighted by Crippen LogP contribution is 2.22. The Kier molecular flexibility index (Phi) is 5.36. The number of carbonyl (C=O) groups is 4. The molecular formula is C17H18N4O5S. The SMILES string of the molecule is Cc1cc(C(=O)COC(=O)CCC2NC(=O)NC2=O)c(C)n1-c1nccs1. The van der Waals surface area contributed by atoms with Gasteiger partial charge in [-0.3, -0.25) is 24.3 Å². The van der Waals surface area contributed by atoms with E-state index >= 15 is 0 Å². The molecule has 2 aromatic heterocycles. The molecule has 1 unspecified atom stereocenters. The molecule has 9 nitrogen and oxygen atoms in total. The molecule has 1 aliphatic rings. The number of rotatable bonds is 7. The second kappa shape index (κ2) is 7.70. The fourth-order valence-electron chi connectivity index (χ4n) is 2.89. The number of hydrogen-bond acceptors (Lipinski definition) is 7. The van der Waals surface area contributed by atoms with Crippen LogP contribution in [0.1, 0.15) is 34.6 Å². The lowest BCUT2D eigenvalue weighted by molar-refractivity contribution is -0.142. The van der Waals surface area contributed by atoms with E-state index in [-0.39, 0.29) is 25.2 Å². The van der Waals surface area contributed by atoms with E-state index in [1.54, 1.807) is 12.3 Å². The number of thiazole rings is 1. The van der Waals surface area contributed by atoms with Crippen LogP contribution >= 0.6 is 11.3 Å². The Morgan fingerprint density at radius 1 is 1.33 bits per heavy atom. The van der Waals surface area contributed by atoms with E-state index in [1.807, 2.05) is 23.8 Å². The molecule has 0 spiro atoms. The number of carbonyl (C=O) groups excluding carboxylic acids is 4. The molecule has 1 atom stereocenters. The Hall–Kier alpha value is -3.01. The van der Waals surface area contributed by atoms with Gasteiger partial charge < -0.3 is 10.1 Å². The minimum Gasteiger partial charge on any atom is -0.457 e. The first-order chi connectivity index (χ1) is 12.9. The molecule has 27 heavy (non-hydrogen) atoms. The van der Waals surface area contributed by atoms with E-state index in [9.17, 15) is 19.2 Å². The van der Waals surface area contributed by atoms with Crippen LogP contribution in [0.3, 0.4) is 0 Å². The number of nitrogens with zero attached hydrogens (tertiary/aromatic N) is 2. The van der Waals surface area contributed by atoms with E-state index in [1.165, 1.54) is 11.3 Å². The first-order valence-corrected chi connectivity index (χ1v) is 9.13. The third kappa shape index (κ3) is 4.05. The molecule has 3 heterocycles. The number of imide groups is 1. The summed E-state index contributed by atoms with van der Waals surface area (Å²) in [6.45, 7) is 3.30. The highest BCUT2D eigenvalue weighted by Gasteiger charge is 2.29. The zero-order chi connectivity index (χ0) is 19.6. The molecule has 2 N–H and O–H groups in total. The van der Waals surface area contributed by atoms with Crippen molar-refractivity contribution in [3.8, 4) is 5.13 Å². The quantitative estimate of drug-likeness (QED) is 0.417. The van der Waals surface area contributed by atoms with Gasteiger partial charge in [0.2, 0.25) is 5.78 Å². The normalized spacial score (nSPS) is 16.1. The van der Waals surface area contributed by atoms with Gasteiger partial charge >= 0.3 is 12.0 Å². The number of ketones is 1. The molecule has 3 rings (SSSR count). The predicted octanol–water partition coefficient (Wildman–Crippen LogP) is 1.26. The van der Waals surface area contributed by atoms with Crippen LogP contribution in [0.25, 0.3) is 5.13 Å². The molecule has 2 aromatic rings. The summed E-state index contributed by atoms with van der Waals surface area (Å²) in [6.07, 6.45) is 1.72. The van der Waals surface area contributed by atoms with Crippen LogP contribution in [0.2, 0.25) is 0 Å². The van der Waals surface area contributed by atoms with E-state index in [4.69, 9.17) is 4.74 Å². The van der Waals surface area contributed by atoms with Gasteiger partial charge in [0.25, 0.3) is 5.91 Å². The standard InChI is InChI=1S/C17H18N4O5S/c1-9-7-11(10(2)21(9)17-18-5-6-27-17)13(22)8-26-14(23)4-3-12-15(24)20-16(25)19-12/h5-7,12H,3-4,8H2,1-2H3,(H2,19,20,24,25). The molecule has 1 saturated heterocycles. The molecule has 0 saturated carbocycles. The molecule has 1 aliphatic heterocycles. The van der Waals surface area contributed by atoms with Gasteiger partial charge in [0.15, 0.2) is 11.7 Å². The van der Waals surface area contributed by atoms with Gasteiger partial charge in [0, 0.05) is 34.9 Å². The number of hydrogen-bond donors (Lipinski definition) is 2. The molecule has 1 fully saturated rings. The summed E-state index contributed by atoms with van der Waals surface area (Å²) in [7, 11) is 0. The van der Waals surface area contributed by atoms with Crippen molar-refractivity contribution in [3.63, 3.8) is 0 Å². The summed E-state index contributed by atoms with van der Waals surface area (Å²) < 4.78 is 6.90. The molecule has 0 bridgehead atoms. The lowest BCUT2D eigenvalue weighted by Gasteiger charge is -2.08. The number of Topliss-reactive ketones (excluding diaryl/α,β-unsaturated/α-hetero) is 1. The van der Waals surface area contributed by atoms with Crippen LogP contribution < -0.4 is 10.6 Å². The van der Waals surface area contributed by atoms with Crippen molar-refractivity contribution in [2.45, 2.75) is 32.7 Å². The maximum Gasteiger partial charge on any atom is 0.322 e. The average molecular weight is 390 g/mol. The second-order valence-electron chi connectivity index (χ2n) is 6.07. The molecule has 0 aromatic carbocycles. The highest BCUT2D eigenvalue weighted by atomic mass is 32.1. The van der Waals surface area contributed by atoms with E-state index in [2.05, 4.69) is 15.6 Å². The number of amides is 3. The maximum atomic E-state index is 12.4. The van der Waals surface area contributed by atoms with E-state index in [0.717, 1.165) is 16.5 Å². The van der Waals surface area contributed by atoms with Crippen LogP contribution in [0.5, 0.6) is 0 Å². The zero-order valence-electron chi connectivity index (χ0n) is 14.8. The first-order valence-electron chi connectivity index (χ1n) is 8.26. The average Bonchev–Trinajstić information content (AvgIpc) is 3.31. The topological polar surface area (TPSA) is 119 Å². The minimum atomic E-state index is -0.752. The van der Waals surface area contributed by atoms with Gasteiger partial charge in [0.05, 0.1) is 0 Å². The fourth-order valence-corrected chi connectivity index (χ4v) is 3.64. The van der Waals surface area contributed by atoms with Crippen LogP contribution in [-0.4, -0.2) is 45.9 Å². The van der Waals surface area contributed by atoms with Crippen molar-refractivity contribution < 1.29 is 23.9 Å².